The van der Waals surface area contributed by atoms with E-state index in [1.807, 2.05) is 60.8 Å². The average Bonchev–Trinajstić information content (AvgIpc) is 2.38. The molecule has 0 bridgehead atoms. The van der Waals surface area contributed by atoms with Crippen LogP contribution in [0.25, 0.3) is 6.08 Å². The highest BCUT2D eigenvalue weighted by Gasteiger charge is 1.94. The molecule has 0 aromatic heterocycles. The first-order valence-corrected chi connectivity index (χ1v) is 5.68. The minimum atomic E-state index is 0.718. The van der Waals surface area contributed by atoms with Crippen molar-refractivity contribution in [2.75, 3.05) is 0 Å². The summed E-state index contributed by atoms with van der Waals surface area (Å²) in [5.74, 6) is 0. The van der Waals surface area contributed by atoms with Crippen LogP contribution in [0.2, 0.25) is 5.02 Å². The number of nitrogens with zero attached hydrogens (tertiary/aromatic N) is 1. The van der Waals surface area contributed by atoms with Crippen LogP contribution in [0.15, 0.2) is 60.1 Å². The molecule has 2 rings (SSSR count). The number of benzene rings is 2. The van der Waals surface area contributed by atoms with Gasteiger partial charge in [0.1, 0.15) is 0 Å². The van der Waals surface area contributed by atoms with Gasteiger partial charge in [-0.15, -0.1) is 0 Å². The van der Waals surface area contributed by atoms with Crippen molar-refractivity contribution in [3.8, 4) is 0 Å². The van der Waals surface area contributed by atoms with Crippen LogP contribution in [0.3, 0.4) is 0 Å². The molecule has 0 fully saturated rings. The Morgan fingerprint density at radius 1 is 0.941 bits per heavy atom. The molecule has 0 heterocycles. The lowest BCUT2D eigenvalue weighted by Crippen LogP contribution is -1.84. The first kappa shape index (κ1) is 11.6. The molecule has 0 radical (unpaired) electrons. The van der Waals surface area contributed by atoms with Crippen LogP contribution in [0.5, 0.6) is 0 Å². The summed E-state index contributed by atoms with van der Waals surface area (Å²) < 4.78 is 0. The Morgan fingerprint density at radius 3 is 2.24 bits per heavy atom. The van der Waals surface area contributed by atoms with Gasteiger partial charge in [-0.3, -0.25) is 4.99 Å². The molecule has 84 valence electrons. The first-order chi connectivity index (χ1) is 8.29. The van der Waals surface area contributed by atoms with Crippen molar-refractivity contribution in [3.63, 3.8) is 0 Å². The number of hydrogen-bond donors (Lipinski definition) is 0. The number of aliphatic imine (C=N–C) groups is 1. The van der Waals surface area contributed by atoms with Gasteiger partial charge in [0.2, 0.25) is 0 Å². The lowest BCUT2D eigenvalue weighted by Gasteiger charge is -1.99. The van der Waals surface area contributed by atoms with Crippen molar-refractivity contribution in [1.29, 1.82) is 0 Å². The Labute approximate surface area is 106 Å². The molecule has 0 aliphatic heterocycles. The second kappa shape index (κ2) is 5.46. The molecule has 0 saturated carbocycles. The Kier molecular flexibility index (Phi) is 3.73. The summed E-state index contributed by atoms with van der Waals surface area (Å²) in [6.45, 7) is 3.78. The summed E-state index contributed by atoms with van der Waals surface area (Å²) in [6.07, 6.45) is 3.66. The van der Waals surface area contributed by atoms with E-state index >= 15 is 0 Å². The van der Waals surface area contributed by atoms with Crippen LogP contribution < -0.4 is 0 Å². The van der Waals surface area contributed by atoms with Crippen molar-refractivity contribution in [1.82, 2.24) is 0 Å². The molecule has 2 heteroatoms. The van der Waals surface area contributed by atoms with E-state index in [0.29, 0.717) is 0 Å². The van der Waals surface area contributed by atoms with Crippen LogP contribution in [0, 0.1) is 0 Å². The lowest BCUT2D eigenvalue weighted by molar-refractivity contribution is 1.52. The van der Waals surface area contributed by atoms with Crippen LogP contribution in [0.1, 0.15) is 11.1 Å². The van der Waals surface area contributed by atoms with Gasteiger partial charge in [0.05, 0.1) is 5.69 Å². The Balaban J connectivity index is 2.25. The van der Waals surface area contributed by atoms with Gasteiger partial charge in [0.15, 0.2) is 0 Å². The fraction of sp³-hybridized carbons (Fsp3) is 0. The Morgan fingerprint density at radius 2 is 1.59 bits per heavy atom. The molecule has 0 spiro atoms. The third-order valence-electron chi connectivity index (χ3n) is 2.40. The number of hydrogen-bond acceptors (Lipinski definition) is 1. The second-order valence-corrected chi connectivity index (χ2v) is 4.00. The van der Waals surface area contributed by atoms with Gasteiger partial charge in [-0.05, 0) is 35.4 Å². The second-order valence-electron chi connectivity index (χ2n) is 3.57. The summed E-state index contributed by atoms with van der Waals surface area (Å²) in [6, 6.07) is 15.4. The van der Waals surface area contributed by atoms with Crippen LogP contribution in [-0.4, -0.2) is 6.21 Å². The van der Waals surface area contributed by atoms with Crippen LogP contribution >= 0.6 is 11.6 Å². The molecule has 0 N–H and O–H groups in total. The fourth-order valence-electron chi connectivity index (χ4n) is 1.49. The molecule has 2 aromatic carbocycles. The Bertz CT molecular complexity index is 541. The van der Waals surface area contributed by atoms with Gasteiger partial charge in [0.25, 0.3) is 0 Å². The smallest absolute Gasteiger partial charge is 0.0630 e. The molecule has 2 aromatic rings. The predicted octanol–water partition coefficient (Wildman–Crippen LogP) is 4.73. The first-order valence-electron chi connectivity index (χ1n) is 5.31. The predicted molar refractivity (Wildman–Crippen MR) is 75.2 cm³/mol. The molecule has 0 amide bonds. The maximum Gasteiger partial charge on any atom is 0.0630 e. The Hall–Kier alpha value is -1.86. The third kappa shape index (κ3) is 3.05. The maximum atomic E-state index is 5.81. The number of halogens is 1. The highest BCUT2D eigenvalue weighted by Crippen LogP contribution is 2.16. The zero-order chi connectivity index (χ0) is 12.1. The third-order valence-corrected chi connectivity index (χ3v) is 2.65. The normalized spacial score (nSPS) is 10.6. The molecule has 0 saturated heterocycles. The standard InChI is InChI=1S/C15H12ClN/c1-2-12-5-3-4-6-13(12)11-17-15-9-7-14(16)8-10-15/h2-11H,1H2. The zero-order valence-corrected chi connectivity index (χ0v) is 10.1. The van der Waals surface area contributed by atoms with Gasteiger partial charge >= 0.3 is 0 Å². The molecule has 0 aliphatic rings. The molecular weight excluding hydrogens is 230 g/mol. The van der Waals surface area contributed by atoms with Gasteiger partial charge < -0.3 is 0 Å². The maximum absolute atomic E-state index is 5.81. The summed E-state index contributed by atoms with van der Waals surface area (Å²) in [7, 11) is 0. The fourth-order valence-corrected chi connectivity index (χ4v) is 1.61. The van der Waals surface area contributed by atoms with Crippen LogP contribution in [-0.2, 0) is 0 Å². The molecular formula is C15H12ClN. The highest BCUT2D eigenvalue weighted by atomic mass is 35.5. The van der Waals surface area contributed by atoms with Gasteiger partial charge in [0, 0.05) is 11.2 Å². The van der Waals surface area contributed by atoms with E-state index in [9.17, 15) is 0 Å². The topological polar surface area (TPSA) is 12.4 Å². The van der Waals surface area contributed by atoms with Gasteiger partial charge in [-0.2, -0.15) is 0 Å². The zero-order valence-electron chi connectivity index (χ0n) is 9.31. The number of rotatable bonds is 3. The average molecular weight is 242 g/mol. The minimum Gasteiger partial charge on any atom is -0.256 e. The van der Waals surface area contributed by atoms with E-state index in [1.54, 1.807) is 0 Å². The lowest BCUT2D eigenvalue weighted by atomic mass is 10.1. The summed E-state index contributed by atoms with van der Waals surface area (Å²) >= 11 is 5.81. The van der Waals surface area contributed by atoms with E-state index in [2.05, 4.69) is 11.6 Å². The van der Waals surface area contributed by atoms with E-state index in [4.69, 9.17) is 11.6 Å². The van der Waals surface area contributed by atoms with Crippen molar-refractivity contribution in [2.45, 2.75) is 0 Å². The summed E-state index contributed by atoms with van der Waals surface area (Å²) in [5, 5.41) is 0.718. The minimum absolute atomic E-state index is 0.718. The monoisotopic (exact) mass is 241 g/mol. The van der Waals surface area contributed by atoms with Gasteiger partial charge in [-0.1, -0.05) is 48.5 Å². The highest BCUT2D eigenvalue weighted by molar-refractivity contribution is 6.30. The van der Waals surface area contributed by atoms with E-state index < -0.39 is 0 Å². The molecule has 1 nitrogen and oxygen atoms in total. The van der Waals surface area contributed by atoms with E-state index in [0.717, 1.165) is 21.8 Å². The molecule has 17 heavy (non-hydrogen) atoms. The largest absolute Gasteiger partial charge is 0.256 e. The molecule has 0 aliphatic carbocycles. The van der Waals surface area contributed by atoms with Gasteiger partial charge in [-0.25, -0.2) is 0 Å². The quantitative estimate of drug-likeness (QED) is 0.689. The molecule has 0 unspecified atom stereocenters. The van der Waals surface area contributed by atoms with Crippen molar-refractivity contribution in [3.05, 3.63) is 71.3 Å². The van der Waals surface area contributed by atoms with E-state index in [1.165, 1.54) is 0 Å². The summed E-state index contributed by atoms with van der Waals surface area (Å²) in [5.41, 5.74) is 3.01. The SMILES string of the molecule is C=Cc1ccccc1C=Nc1ccc(Cl)cc1. The van der Waals surface area contributed by atoms with Crippen LogP contribution in [0.4, 0.5) is 5.69 Å². The summed E-state index contributed by atoms with van der Waals surface area (Å²) in [4.78, 5) is 4.39. The van der Waals surface area contributed by atoms with E-state index in [-0.39, 0.29) is 0 Å². The van der Waals surface area contributed by atoms with Crippen molar-refractivity contribution >= 4 is 29.6 Å². The molecule has 0 atom stereocenters. The van der Waals surface area contributed by atoms with Crippen molar-refractivity contribution < 1.29 is 0 Å². The van der Waals surface area contributed by atoms with Crippen molar-refractivity contribution in [2.24, 2.45) is 4.99 Å².